The van der Waals surface area contributed by atoms with Gasteiger partial charge in [0.25, 0.3) is 0 Å². The lowest BCUT2D eigenvalue weighted by Gasteiger charge is -2.19. The summed E-state index contributed by atoms with van der Waals surface area (Å²) in [6, 6.07) is 12.8. The number of hydrogen-bond donors (Lipinski definition) is 2. The van der Waals surface area contributed by atoms with Gasteiger partial charge in [0.2, 0.25) is 0 Å². The minimum Gasteiger partial charge on any atom is -0.510 e. The fourth-order valence-electron chi connectivity index (χ4n) is 3.36. The average molecular weight is 452 g/mol. The lowest BCUT2D eigenvalue weighted by molar-refractivity contribution is 0.0500. The first-order valence-electron chi connectivity index (χ1n) is 10.3. The van der Waals surface area contributed by atoms with Gasteiger partial charge in [0.15, 0.2) is 0 Å². The van der Waals surface area contributed by atoms with Crippen LogP contribution in [0.5, 0.6) is 0 Å². The number of hydrogen-bond acceptors (Lipinski definition) is 6. The number of unbranched alkanes of at least 4 members (excludes halogenated alkanes) is 1. The third-order valence-electron chi connectivity index (χ3n) is 5.09. The SMILES string of the molecule is CCCCOC(=O)c1cccc(N2CC(O)=C(c3nc(-c4ccc(F)cc4)cs3)C2=N)c1. The number of thiazole rings is 1. The highest BCUT2D eigenvalue weighted by Crippen LogP contribution is 2.34. The first-order chi connectivity index (χ1) is 15.5. The molecule has 0 unspecified atom stereocenters. The van der Waals surface area contributed by atoms with Gasteiger partial charge < -0.3 is 14.7 Å². The molecule has 6 nitrogen and oxygen atoms in total. The van der Waals surface area contributed by atoms with Gasteiger partial charge in [0.1, 0.15) is 22.4 Å². The van der Waals surface area contributed by atoms with Crippen LogP contribution in [0.1, 0.15) is 35.1 Å². The van der Waals surface area contributed by atoms with E-state index in [0.29, 0.717) is 34.1 Å². The van der Waals surface area contributed by atoms with Crippen molar-refractivity contribution >= 4 is 34.4 Å². The number of carbonyl (C=O) groups is 1. The van der Waals surface area contributed by atoms with Gasteiger partial charge in [0, 0.05) is 16.6 Å². The zero-order valence-electron chi connectivity index (χ0n) is 17.5. The fraction of sp³-hybridized carbons (Fsp3) is 0.208. The first-order valence-corrected chi connectivity index (χ1v) is 11.1. The lowest BCUT2D eigenvalue weighted by atomic mass is 10.1. The summed E-state index contributed by atoms with van der Waals surface area (Å²) in [5, 5.41) is 21.6. The quantitative estimate of drug-likeness (QED) is 0.357. The van der Waals surface area contributed by atoms with Crippen molar-refractivity contribution in [2.45, 2.75) is 19.8 Å². The molecule has 8 heteroatoms. The van der Waals surface area contributed by atoms with Crippen molar-refractivity contribution < 1.29 is 19.0 Å². The topological polar surface area (TPSA) is 86.5 Å². The normalized spacial score (nSPS) is 13.7. The van der Waals surface area contributed by atoms with Crippen molar-refractivity contribution in [3.63, 3.8) is 0 Å². The minimum atomic E-state index is -0.410. The summed E-state index contributed by atoms with van der Waals surface area (Å²) in [4.78, 5) is 18.5. The highest BCUT2D eigenvalue weighted by atomic mass is 32.1. The monoisotopic (exact) mass is 451 g/mol. The number of aliphatic hydroxyl groups is 1. The summed E-state index contributed by atoms with van der Waals surface area (Å²) < 4.78 is 18.5. The molecule has 0 amide bonds. The van der Waals surface area contributed by atoms with Crippen LogP contribution in [-0.4, -0.2) is 35.0 Å². The lowest BCUT2D eigenvalue weighted by Crippen LogP contribution is -2.26. The smallest absolute Gasteiger partial charge is 0.338 e. The van der Waals surface area contributed by atoms with Gasteiger partial charge in [-0.15, -0.1) is 11.3 Å². The van der Waals surface area contributed by atoms with Crippen molar-refractivity contribution in [1.82, 2.24) is 4.98 Å². The number of ether oxygens (including phenoxy) is 1. The first kappa shape index (κ1) is 21.7. The van der Waals surface area contributed by atoms with Crippen molar-refractivity contribution in [3.8, 4) is 11.3 Å². The van der Waals surface area contributed by atoms with Crippen LogP contribution in [0.2, 0.25) is 0 Å². The summed E-state index contributed by atoms with van der Waals surface area (Å²) in [5.74, 6) is -0.605. The van der Waals surface area contributed by atoms with Crippen LogP contribution >= 0.6 is 11.3 Å². The number of nitrogens with zero attached hydrogens (tertiary/aromatic N) is 2. The van der Waals surface area contributed by atoms with E-state index in [-0.39, 0.29) is 24.0 Å². The Morgan fingerprint density at radius 3 is 2.81 bits per heavy atom. The number of aromatic nitrogens is 1. The van der Waals surface area contributed by atoms with Gasteiger partial charge in [-0.25, -0.2) is 14.2 Å². The Balaban J connectivity index is 1.54. The van der Waals surface area contributed by atoms with E-state index < -0.39 is 5.97 Å². The van der Waals surface area contributed by atoms with Crippen molar-refractivity contribution in [3.05, 3.63) is 76.1 Å². The summed E-state index contributed by atoms with van der Waals surface area (Å²) in [7, 11) is 0. The second-order valence-electron chi connectivity index (χ2n) is 7.34. The molecule has 0 aliphatic carbocycles. The number of rotatable bonds is 7. The Bertz CT molecular complexity index is 1190. The molecular formula is C24H22FN3O3S. The van der Waals surface area contributed by atoms with Gasteiger partial charge in [-0.3, -0.25) is 5.41 Å². The molecule has 0 atom stereocenters. The van der Waals surface area contributed by atoms with E-state index in [9.17, 15) is 14.3 Å². The van der Waals surface area contributed by atoms with Gasteiger partial charge in [0.05, 0.1) is 30.0 Å². The van der Waals surface area contributed by atoms with E-state index in [1.54, 1.807) is 41.3 Å². The Morgan fingerprint density at radius 1 is 1.28 bits per heavy atom. The summed E-state index contributed by atoms with van der Waals surface area (Å²) in [5.41, 5.74) is 2.75. The molecule has 164 valence electrons. The molecule has 1 aliphatic rings. The molecular weight excluding hydrogens is 429 g/mol. The predicted octanol–water partition coefficient (Wildman–Crippen LogP) is 5.67. The van der Waals surface area contributed by atoms with Crippen LogP contribution in [0, 0.1) is 11.2 Å². The molecule has 0 spiro atoms. The maximum absolute atomic E-state index is 13.2. The molecule has 0 fully saturated rings. The van der Waals surface area contributed by atoms with Crippen LogP contribution < -0.4 is 4.90 Å². The molecule has 3 aromatic rings. The second kappa shape index (κ2) is 9.32. The number of benzene rings is 2. The number of nitrogens with one attached hydrogen (secondary N) is 1. The third kappa shape index (κ3) is 4.40. The van der Waals surface area contributed by atoms with E-state index in [1.807, 2.05) is 12.3 Å². The number of esters is 1. The predicted molar refractivity (Wildman–Crippen MR) is 124 cm³/mol. The summed E-state index contributed by atoms with van der Waals surface area (Å²) in [6.07, 6.45) is 1.74. The van der Waals surface area contributed by atoms with E-state index in [1.165, 1.54) is 23.5 Å². The Kier molecular flexibility index (Phi) is 6.32. The Morgan fingerprint density at radius 2 is 2.06 bits per heavy atom. The average Bonchev–Trinajstić information content (AvgIpc) is 3.38. The van der Waals surface area contributed by atoms with E-state index in [2.05, 4.69) is 4.98 Å². The van der Waals surface area contributed by atoms with E-state index in [0.717, 1.165) is 18.4 Å². The van der Waals surface area contributed by atoms with Crippen LogP contribution in [0.3, 0.4) is 0 Å². The standard InChI is InChI=1S/C24H22FN3O3S/c1-2-3-11-31-24(30)16-5-4-6-18(12-16)28-13-20(29)21(22(28)26)23-27-19(14-32-23)15-7-9-17(25)10-8-15/h4-10,12,14,26,29H,2-3,11,13H2,1H3. The van der Waals surface area contributed by atoms with E-state index in [4.69, 9.17) is 10.1 Å². The number of amidine groups is 1. The number of halogens is 1. The zero-order valence-corrected chi connectivity index (χ0v) is 18.3. The number of aliphatic hydroxyl groups excluding tert-OH is 1. The van der Waals surface area contributed by atoms with E-state index >= 15 is 0 Å². The highest BCUT2D eigenvalue weighted by molar-refractivity contribution is 7.11. The van der Waals surface area contributed by atoms with Crippen molar-refractivity contribution in [2.75, 3.05) is 18.1 Å². The fourth-order valence-corrected chi connectivity index (χ4v) is 4.26. The Hall–Kier alpha value is -3.52. The molecule has 0 bridgehead atoms. The summed E-state index contributed by atoms with van der Waals surface area (Å²) in [6.45, 7) is 2.50. The highest BCUT2D eigenvalue weighted by Gasteiger charge is 2.31. The molecule has 2 N–H and O–H groups in total. The molecule has 1 aliphatic heterocycles. The maximum Gasteiger partial charge on any atom is 0.338 e. The van der Waals surface area contributed by atoms with Gasteiger partial charge in [-0.2, -0.15) is 0 Å². The molecule has 32 heavy (non-hydrogen) atoms. The molecule has 1 aromatic heterocycles. The number of anilines is 1. The minimum absolute atomic E-state index is 0.0333. The molecule has 0 saturated heterocycles. The van der Waals surface area contributed by atoms with Gasteiger partial charge in [-0.05, 0) is 48.9 Å². The molecule has 0 saturated carbocycles. The zero-order chi connectivity index (χ0) is 22.7. The van der Waals surface area contributed by atoms with Crippen LogP contribution in [0.25, 0.3) is 16.8 Å². The van der Waals surface area contributed by atoms with Crippen molar-refractivity contribution in [1.29, 1.82) is 5.41 Å². The van der Waals surface area contributed by atoms with Crippen LogP contribution in [0.4, 0.5) is 10.1 Å². The molecule has 4 rings (SSSR count). The maximum atomic E-state index is 13.2. The third-order valence-corrected chi connectivity index (χ3v) is 5.95. The van der Waals surface area contributed by atoms with Crippen molar-refractivity contribution in [2.24, 2.45) is 0 Å². The van der Waals surface area contributed by atoms with Crippen LogP contribution in [-0.2, 0) is 4.74 Å². The van der Waals surface area contributed by atoms with Crippen LogP contribution in [0.15, 0.2) is 59.7 Å². The second-order valence-corrected chi connectivity index (χ2v) is 8.20. The van der Waals surface area contributed by atoms with Gasteiger partial charge >= 0.3 is 5.97 Å². The summed E-state index contributed by atoms with van der Waals surface area (Å²) >= 11 is 1.31. The Labute approximate surface area is 189 Å². The molecule has 2 heterocycles. The molecule has 2 aromatic carbocycles. The molecule has 0 radical (unpaired) electrons. The van der Waals surface area contributed by atoms with Gasteiger partial charge in [-0.1, -0.05) is 19.4 Å². The largest absolute Gasteiger partial charge is 0.510 e. The number of carbonyl (C=O) groups excluding carboxylic acids is 1.